The van der Waals surface area contributed by atoms with E-state index in [9.17, 15) is 4.79 Å². The lowest BCUT2D eigenvalue weighted by Crippen LogP contribution is -2.46. The molecule has 1 aromatic carbocycles. The highest BCUT2D eigenvalue weighted by molar-refractivity contribution is 6.42. The van der Waals surface area contributed by atoms with Crippen LogP contribution in [-0.2, 0) is 10.3 Å². The van der Waals surface area contributed by atoms with Crippen LogP contribution in [-0.4, -0.2) is 11.9 Å². The van der Waals surface area contributed by atoms with Gasteiger partial charge in [-0.05, 0) is 24.6 Å². The van der Waals surface area contributed by atoms with E-state index < -0.39 is 5.54 Å². The van der Waals surface area contributed by atoms with Gasteiger partial charge in [0.25, 0.3) is 0 Å². The fraction of sp³-hybridized carbons (Fsp3) is 0.273. The van der Waals surface area contributed by atoms with Crippen molar-refractivity contribution in [2.24, 2.45) is 10.7 Å². The van der Waals surface area contributed by atoms with E-state index in [4.69, 9.17) is 28.9 Å². The molecule has 4 nitrogen and oxygen atoms in total. The molecule has 0 fully saturated rings. The molecule has 1 amide bonds. The van der Waals surface area contributed by atoms with Crippen molar-refractivity contribution in [3.63, 3.8) is 0 Å². The number of carbonyl (C=O) groups is 1. The Labute approximate surface area is 109 Å². The van der Waals surface area contributed by atoms with Gasteiger partial charge in [0.15, 0.2) is 5.96 Å². The Morgan fingerprint density at radius 2 is 2.12 bits per heavy atom. The minimum atomic E-state index is -0.694. The lowest BCUT2D eigenvalue weighted by Gasteiger charge is -2.29. The van der Waals surface area contributed by atoms with Crippen LogP contribution >= 0.6 is 23.2 Å². The highest BCUT2D eigenvalue weighted by Crippen LogP contribution is 2.34. The second-order valence-electron chi connectivity index (χ2n) is 4.12. The van der Waals surface area contributed by atoms with Crippen molar-refractivity contribution in [2.75, 3.05) is 0 Å². The van der Waals surface area contributed by atoms with Gasteiger partial charge >= 0.3 is 0 Å². The fourth-order valence-electron chi connectivity index (χ4n) is 1.83. The van der Waals surface area contributed by atoms with Gasteiger partial charge < -0.3 is 5.73 Å². The van der Waals surface area contributed by atoms with Crippen LogP contribution in [0.2, 0.25) is 10.0 Å². The van der Waals surface area contributed by atoms with Gasteiger partial charge in [-0.1, -0.05) is 29.3 Å². The molecule has 90 valence electrons. The average Bonchev–Trinajstić information content (AvgIpc) is 2.19. The van der Waals surface area contributed by atoms with E-state index in [1.54, 1.807) is 18.2 Å². The predicted octanol–water partition coefficient (Wildman–Crippen LogP) is 2.04. The van der Waals surface area contributed by atoms with Crippen LogP contribution in [0.4, 0.5) is 0 Å². The van der Waals surface area contributed by atoms with Crippen molar-refractivity contribution in [2.45, 2.75) is 18.9 Å². The Morgan fingerprint density at radius 1 is 1.41 bits per heavy atom. The number of nitrogens with two attached hydrogens (primary N) is 1. The number of amides is 1. The minimum Gasteiger partial charge on any atom is -0.370 e. The largest absolute Gasteiger partial charge is 0.370 e. The van der Waals surface area contributed by atoms with E-state index in [0.29, 0.717) is 10.0 Å². The molecule has 2 rings (SSSR count). The van der Waals surface area contributed by atoms with E-state index in [0.717, 1.165) is 5.56 Å². The first-order chi connectivity index (χ1) is 7.90. The zero-order chi connectivity index (χ0) is 12.6. The molecule has 17 heavy (non-hydrogen) atoms. The Morgan fingerprint density at radius 3 is 2.71 bits per heavy atom. The maximum Gasteiger partial charge on any atom is 0.229 e. The highest BCUT2D eigenvalue weighted by atomic mass is 35.5. The number of rotatable bonds is 1. The molecule has 0 aromatic heterocycles. The van der Waals surface area contributed by atoms with Crippen molar-refractivity contribution in [1.29, 1.82) is 0 Å². The summed E-state index contributed by atoms with van der Waals surface area (Å²) in [5, 5.41) is 3.36. The molecule has 0 bridgehead atoms. The van der Waals surface area contributed by atoms with Crippen LogP contribution in [0.3, 0.4) is 0 Å². The number of benzene rings is 1. The van der Waals surface area contributed by atoms with Crippen LogP contribution in [0.15, 0.2) is 23.2 Å². The van der Waals surface area contributed by atoms with E-state index in [-0.39, 0.29) is 18.3 Å². The highest BCUT2D eigenvalue weighted by Gasteiger charge is 2.33. The second-order valence-corrected chi connectivity index (χ2v) is 4.94. The second kappa shape index (κ2) is 4.20. The summed E-state index contributed by atoms with van der Waals surface area (Å²) in [5.41, 5.74) is 5.68. The zero-order valence-electron chi connectivity index (χ0n) is 9.13. The van der Waals surface area contributed by atoms with Gasteiger partial charge in [-0.25, -0.2) is 4.99 Å². The molecule has 0 saturated heterocycles. The van der Waals surface area contributed by atoms with Gasteiger partial charge in [0.05, 0.1) is 22.0 Å². The molecule has 0 aliphatic carbocycles. The summed E-state index contributed by atoms with van der Waals surface area (Å²) in [6, 6.07) is 5.19. The zero-order valence-corrected chi connectivity index (χ0v) is 10.6. The molecule has 0 unspecified atom stereocenters. The van der Waals surface area contributed by atoms with E-state index in [2.05, 4.69) is 10.3 Å². The van der Waals surface area contributed by atoms with Gasteiger partial charge in [0.1, 0.15) is 0 Å². The first-order valence-electron chi connectivity index (χ1n) is 5.01. The monoisotopic (exact) mass is 271 g/mol. The predicted molar refractivity (Wildman–Crippen MR) is 68.2 cm³/mol. The average molecular weight is 272 g/mol. The lowest BCUT2D eigenvalue weighted by molar-refractivity contribution is -0.121. The number of aliphatic imine (C=N–C) groups is 1. The molecule has 0 spiro atoms. The SMILES string of the molecule is C[C@]1(c2ccc(Cl)c(Cl)c2)CC(=O)NC(N)=N1. The molecule has 3 N–H and O–H groups in total. The molecule has 1 aliphatic heterocycles. The standard InChI is InChI=1S/C11H11Cl2N3O/c1-11(5-9(17)15-10(14)16-11)6-2-3-7(12)8(13)4-6/h2-4H,5H2,1H3,(H3,14,15,16,17)/t11-/m1/s1. The van der Waals surface area contributed by atoms with E-state index >= 15 is 0 Å². The lowest BCUT2D eigenvalue weighted by atomic mass is 9.88. The Hall–Kier alpha value is -1.26. The third kappa shape index (κ3) is 2.37. The Kier molecular flexibility index (Phi) is 3.02. The maximum absolute atomic E-state index is 11.5. The quantitative estimate of drug-likeness (QED) is 0.821. The molecule has 1 atom stereocenters. The van der Waals surface area contributed by atoms with Crippen LogP contribution in [0.1, 0.15) is 18.9 Å². The molecule has 6 heteroatoms. The van der Waals surface area contributed by atoms with Crippen molar-refractivity contribution < 1.29 is 4.79 Å². The van der Waals surface area contributed by atoms with Gasteiger partial charge in [-0.2, -0.15) is 0 Å². The summed E-state index contributed by atoms with van der Waals surface area (Å²) < 4.78 is 0. The number of halogens is 2. The topological polar surface area (TPSA) is 67.5 Å². The first-order valence-corrected chi connectivity index (χ1v) is 5.77. The third-order valence-electron chi connectivity index (χ3n) is 2.68. The number of nitrogens with one attached hydrogen (secondary N) is 1. The molecule has 1 aromatic rings. The molecular formula is C11H11Cl2N3O. The van der Waals surface area contributed by atoms with Crippen LogP contribution in [0.5, 0.6) is 0 Å². The summed E-state index contributed by atoms with van der Waals surface area (Å²) in [7, 11) is 0. The van der Waals surface area contributed by atoms with Gasteiger partial charge in [0.2, 0.25) is 5.91 Å². The Balaban J connectivity index is 2.47. The Bertz CT molecular complexity index is 515. The van der Waals surface area contributed by atoms with Gasteiger partial charge in [-0.3, -0.25) is 10.1 Å². The summed E-state index contributed by atoms with van der Waals surface area (Å²) in [6.45, 7) is 1.83. The van der Waals surface area contributed by atoms with Crippen molar-refractivity contribution in [1.82, 2.24) is 5.32 Å². The fourth-order valence-corrected chi connectivity index (χ4v) is 2.13. The molecule has 0 radical (unpaired) electrons. The molecule has 1 heterocycles. The normalized spacial score (nSPS) is 24.2. The molecular weight excluding hydrogens is 261 g/mol. The number of carbonyl (C=O) groups excluding carboxylic acids is 1. The van der Waals surface area contributed by atoms with Crippen LogP contribution in [0, 0.1) is 0 Å². The summed E-state index contributed by atoms with van der Waals surface area (Å²) in [4.78, 5) is 15.7. The first kappa shape index (κ1) is 12.2. The van der Waals surface area contributed by atoms with Crippen LogP contribution in [0.25, 0.3) is 0 Å². The van der Waals surface area contributed by atoms with Crippen molar-refractivity contribution >= 4 is 35.1 Å². The van der Waals surface area contributed by atoms with Crippen molar-refractivity contribution in [3.8, 4) is 0 Å². The maximum atomic E-state index is 11.5. The summed E-state index contributed by atoms with van der Waals surface area (Å²) in [6.07, 6.45) is 0.228. The number of guanidine groups is 1. The summed E-state index contributed by atoms with van der Waals surface area (Å²) in [5.74, 6) is -0.0408. The molecule has 0 saturated carbocycles. The van der Waals surface area contributed by atoms with Gasteiger partial charge in [0, 0.05) is 0 Å². The molecule has 1 aliphatic rings. The third-order valence-corrected chi connectivity index (χ3v) is 3.42. The van der Waals surface area contributed by atoms with E-state index in [1.165, 1.54) is 0 Å². The minimum absolute atomic E-state index is 0.120. The van der Waals surface area contributed by atoms with Crippen molar-refractivity contribution in [3.05, 3.63) is 33.8 Å². The smallest absolute Gasteiger partial charge is 0.229 e. The number of nitrogens with zero attached hydrogens (tertiary/aromatic N) is 1. The summed E-state index contributed by atoms with van der Waals surface area (Å²) >= 11 is 11.8. The van der Waals surface area contributed by atoms with Crippen LogP contribution < -0.4 is 11.1 Å². The van der Waals surface area contributed by atoms with E-state index in [1.807, 2.05) is 6.92 Å². The number of hydrogen-bond donors (Lipinski definition) is 2. The number of hydrogen-bond acceptors (Lipinski definition) is 3. The van der Waals surface area contributed by atoms with Gasteiger partial charge in [-0.15, -0.1) is 0 Å².